The molecule has 0 saturated carbocycles. The summed E-state index contributed by atoms with van der Waals surface area (Å²) in [6.07, 6.45) is 0.267. The number of carbonyl (C=O) groups excluding carboxylic acids is 2. The molecule has 120 valence electrons. The summed E-state index contributed by atoms with van der Waals surface area (Å²) in [4.78, 5) is 26.7. The largest absolute Gasteiger partial charge is 0.388 e. The zero-order valence-corrected chi connectivity index (χ0v) is 13.7. The molecule has 1 heterocycles. The molecule has 1 fully saturated rings. The maximum Gasteiger partial charge on any atom is 0.235 e. The fourth-order valence-electron chi connectivity index (χ4n) is 3.35. The molecule has 4 heteroatoms. The number of hydrogen-bond acceptors (Lipinski definition) is 3. The summed E-state index contributed by atoms with van der Waals surface area (Å²) in [6, 6.07) is 9.03. The Morgan fingerprint density at radius 1 is 1.36 bits per heavy atom. The molecule has 0 bridgehead atoms. The van der Waals surface area contributed by atoms with Crippen LogP contribution in [-0.2, 0) is 9.59 Å². The zero-order valence-electron chi connectivity index (χ0n) is 13.7. The molecule has 0 spiro atoms. The molecule has 4 nitrogen and oxygen atoms in total. The van der Waals surface area contributed by atoms with Gasteiger partial charge in [-0.25, -0.2) is 0 Å². The minimum atomic E-state index is -0.887. The Hall–Kier alpha value is -1.68. The van der Waals surface area contributed by atoms with Crippen molar-refractivity contribution in [2.45, 2.75) is 52.7 Å². The second-order valence-corrected chi connectivity index (χ2v) is 6.82. The first-order valence-corrected chi connectivity index (χ1v) is 7.90. The summed E-state index contributed by atoms with van der Waals surface area (Å²) in [5.74, 6) is -0.992. The van der Waals surface area contributed by atoms with Gasteiger partial charge in [-0.15, -0.1) is 0 Å². The first-order valence-electron chi connectivity index (χ1n) is 7.90. The van der Waals surface area contributed by atoms with Crippen LogP contribution in [0.4, 0.5) is 0 Å². The van der Waals surface area contributed by atoms with E-state index >= 15 is 0 Å². The van der Waals surface area contributed by atoms with Crippen LogP contribution < -0.4 is 0 Å². The minimum Gasteiger partial charge on any atom is -0.388 e. The number of benzene rings is 1. The van der Waals surface area contributed by atoms with Gasteiger partial charge in [-0.2, -0.15) is 0 Å². The Balaban J connectivity index is 2.25. The Labute approximate surface area is 132 Å². The number of amides is 2. The molecule has 1 N–H and O–H groups in total. The molecular formula is C18H25NO3. The van der Waals surface area contributed by atoms with Gasteiger partial charge >= 0.3 is 0 Å². The number of nitrogens with zero attached hydrogens (tertiary/aromatic N) is 1. The lowest BCUT2D eigenvalue weighted by atomic mass is 9.90. The third-order valence-electron chi connectivity index (χ3n) is 4.56. The lowest BCUT2D eigenvalue weighted by Crippen LogP contribution is -2.44. The van der Waals surface area contributed by atoms with Crippen LogP contribution in [0.15, 0.2) is 30.3 Å². The Morgan fingerprint density at radius 2 is 1.95 bits per heavy atom. The van der Waals surface area contributed by atoms with E-state index in [0.717, 1.165) is 0 Å². The van der Waals surface area contributed by atoms with E-state index < -0.39 is 17.4 Å². The highest BCUT2D eigenvalue weighted by Gasteiger charge is 2.48. The Morgan fingerprint density at radius 3 is 2.41 bits per heavy atom. The second kappa shape index (κ2) is 6.21. The number of hydrogen-bond donors (Lipinski definition) is 1. The van der Waals surface area contributed by atoms with Crippen molar-refractivity contribution in [2.75, 3.05) is 0 Å². The number of aliphatic hydroxyl groups excluding tert-OH is 1. The first-order chi connectivity index (χ1) is 10.3. The van der Waals surface area contributed by atoms with Gasteiger partial charge in [0.2, 0.25) is 11.8 Å². The number of rotatable bonds is 4. The normalized spacial score (nSPS) is 23.4. The lowest BCUT2D eigenvalue weighted by Gasteiger charge is -2.28. The third kappa shape index (κ3) is 2.93. The van der Waals surface area contributed by atoms with E-state index in [2.05, 4.69) is 0 Å². The molecule has 0 unspecified atom stereocenters. The Bertz CT molecular complexity index is 553. The summed E-state index contributed by atoms with van der Waals surface area (Å²) in [5, 5.41) is 10.6. The van der Waals surface area contributed by atoms with Crippen molar-refractivity contribution in [3.05, 3.63) is 35.9 Å². The molecule has 2 rings (SSSR count). The molecule has 1 aromatic carbocycles. The fourth-order valence-corrected chi connectivity index (χ4v) is 3.35. The number of aliphatic hydroxyl groups is 1. The maximum atomic E-state index is 12.8. The van der Waals surface area contributed by atoms with E-state index in [0.29, 0.717) is 18.4 Å². The van der Waals surface area contributed by atoms with Gasteiger partial charge in [0, 0.05) is 11.5 Å². The van der Waals surface area contributed by atoms with Gasteiger partial charge in [-0.1, -0.05) is 51.1 Å². The lowest BCUT2D eigenvalue weighted by molar-refractivity contribution is -0.151. The molecule has 1 aliphatic heterocycles. The Kier molecular flexibility index (Phi) is 4.71. The van der Waals surface area contributed by atoms with Crippen molar-refractivity contribution < 1.29 is 14.7 Å². The molecule has 1 aromatic rings. The van der Waals surface area contributed by atoms with Crippen molar-refractivity contribution in [3.63, 3.8) is 0 Å². The molecule has 0 aromatic heterocycles. The molecule has 2 amide bonds. The van der Waals surface area contributed by atoms with E-state index in [4.69, 9.17) is 0 Å². The fraction of sp³-hybridized carbons (Fsp3) is 0.556. The quantitative estimate of drug-likeness (QED) is 0.930. The zero-order chi connectivity index (χ0) is 16.5. The van der Waals surface area contributed by atoms with Crippen LogP contribution in [-0.4, -0.2) is 27.9 Å². The summed E-state index contributed by atoms with van der Waals surface area (Å²) in [6.45, 7) is 7.50. The van der Waals surface area contributed by atoms with E-state index in [1.807, 2.05) is 45.9 Å². The average molecular weight is 303 g/mol. The highest BCUT2D eigenvalue weighted by atomic mass is 16.3. The third-order valence-corrected chi connectivity index (χ3v) is 4.56. The molecule has 22 heavy (non-hydrogen) atoms. The standard InChI is InChI=1S/C18H25NO3/c1-5-14(15(20)13-9-7-6-8-10-13)16(21)19-12(2)11-18(3,4)17(19)22/h6-10,12,14-15,20H,5,11H2,1-4H3/t12-,14-,15+/m1/s1. The van der Waals surface area contributed by atoms with Crippen LogP contribution in [0.3, 0.4) is 0 Å². The van der Waals surface area contributed by atoms with Crippen LogP contribution in [0.2, 0.25) is 0 Å². The van der Waals surface area contributed by atoms with Crippen LogP contribution in [0, 0.1) is 11.3 Å². The summed E-state index contributed by atoms with van der Waals surface area (Å²) < 4.78 is 0. The molecular weight excluding hydrogens is 278 g/mol. The molecule has 0 aliphatic carbocycles. The van der Waals surface area contributed by atoms with Crippen molar-refractivity contribution in [3.8, 4) is 0 Å². The monoisotopic (exact) mass is 303 g/mol. The molecule has 0 radical (unpaired) electrons. The van der Waals surface area contributed by atoms with Crippen molar-refractivity contribution in [1.29, 1.82) is 0 Å². The van der Waals surface area contributed by atoms with Crippen LogP contribution in [0.1, 0.15) is 52.2 Å². The van der Waals surface area contributed by atoms with Gasteiger partial charge < -0.3 is 5.11 Å². The minimum absolute atomic E-state index is 0.118. The van der Waals surface area contributed by atoms with Crippen molar-refractivity contribution >= 4 is 11.8 Å². The summed E-state index contributed by atoms with van der Waals surface area (Å²) in [7, 11) is 0. The van der Waals surface area contributed by atoms with Gasteiger partial charge in [-0.3, -0.25) is 14.5 Å². The van der Waals surface area contributed by atoms with Gasteiger partial charge in [0.15, 0.2) is 0 Å². The molecule has 1 saturated heterocycles. The van der Waals surface area contributed by atoms with Crippen LogP contribution in [0.25, 0.3) is 0 Å². The first kappa shape index (κ1) is 16.7. The van der Waals surface area contributed by atoms with E-state index in [1.165, 1.54) is 4.90 Å². The SMILES string of the molecule is CC[C@@H](C(=O)N1C(=O)C(C)(C)C[C@H]1C)[C@@H](O)c1ccccc1. The topological polar surface area (TPSA) is 57.6 Å². The van der Waals surface area contributed by atoms with E-state index in [1.54, 1.807) is 12.1 Å². The predicted molar refractivity (Wildman–Crippen MR) is 84.9 cm³/mol. The van der Waals surface area contributed by atoms with Gasteiger partial charge in [0.25, 0.3) is 0 Å². The van der Waals surface area contributed by atoms with E-state index in [-0.39, 0.29) is 17.9 Å². The highest BCUT2D eigenvalue weighted by molar-refractivity contribution is 6.01. The molecule has 1 aliphatic rings. The van der Waals surface area contributed by atoms with Crippen molar-refractivity contribution in [2.24, 2.45) is 11.3 Å². The highest BCUT2D eigenvalue weighted by Crippen LogP contribution is 2.38. The maximum absolute atomic E-state index is 12.8. The van der Waals surface area contributed by atoms with Gasteiger partial charge in [-0.05, 0) is 25.3 Å². The number of imide groups is 1. The predicted octanol–water partition coefficient (Wildman–Crippen LogP) is 2.92. The van der Waals surface area contributed by atoms with Gasteiger partial charge in [0.1, 0.15) is 0 Å². The van der Waals surface area contributed by atoms with Crippen molar-refractivity contribution in [1.82, 2.24) is 4.90 Å². The van der Waals surface area contributed by atoms with Crippen LogP contribution >= 0.6 is 0 Å². The second-order valence-electron chi connectivity index (χ2n) is 6.82. The molecule has 3 atom stereocenters. The number of likely N-dealkylation sites (tertiary alicyclic amines) is 1. The summed E-state index contributed by atoms with van der Waals surface area (Å²) in [5.41, 5.74) is 0.201. The van der Waals surface area contributed by atoms with Gasteiger partial charge in [0.05, 0.1) is 12.0 Å². The average Bonchev–Trinajstić information content (AvgIpc) is 2.68. The smallest absolute Gasteiger partial charge is 0.235 e. The van der Waals surface area contributed by atoms with E-state index in [9.17, 15) is 14.7 Å². The van der Waals surface area contributed by atoms with Crippen LogP contribution in [0.5, 0.6) is 0 Å². The number of carbonyl (C=O) groups is 2. The summed E-state index contributed by atoms with van der Waals surface area (Å²) >= 11 is 0.